The minimum atomic E-state index is 0.0901. The van der Waals surface area contributed by atoms with E-state index in [-0.39, 0.29) is 18.5 Å². The standard InChI is InChI=1S/C22H23N3O4/c1-4-5-13-8-15(27-3)10-16(26)20(13)21-19(12(2)24-22(23)25-21)14-6-7-17-18(9-14)29-11-28-17/h6-10,26H,4-5,11H2,1-3H3,(H2,23,24,25). The molecule has 0 unspecified atom stereocenters. The summed E-state index contributed by atoms with van der Waals surface area (Å²) >= 11 is 0. The van der Waals surface area contributed by atoms with Crippen LogP contribution in [0.25, 0.3) is 22.4 Å². The summed E-state index contributed by atoms with van der Waals surface area (Å²) in [7, 11) is 1.58. The normalized spacial score (nSPS) is 12.2. The number of methoxy groups -OCH3 is 1. The predicted molar refractivity (Wildman–Crippen MR) is 110 cm³/mol. The zero-order chi connectivity index (χ0) is 20.5. The van der Waals surface area contributed by atoms with E-state index >= 15 is 0 Å². The molecule has 0 radical (unpaired) electrons. The fraction of sp³-hybridized carbons (Fsp3) is 0.273. The molecule has 7 nitrogen and oxygen atoms in total. The van der Waals surface area contributed by atoms with Crippen molar-refractivity contribution in [3.8, 4) is 45.4 Å². The van der Waals surface area contributed by atoms with E-state index in [9.17, 15) is 5.11 Å². The third-order valence-corrected chi connectivity index (χ3v) is 4.93. The zero-order valence-corrected chi connectivity index (χ0v) is 16.7. The highest BCUT2D eigenvalue weighted by Crippen LogP contribution is 2.44. The number of anilines is 1. The Kier molecular flexibility index (Phi) is 4.88. The highest BCUT2D eigenvalue weighted by atomic mass is 16.7. The molecule has 0 amide bonds. The SMILES string of the molecule is CCCc1cc(OC)cc(O)c1-c1nc(N)nc(C)c1-c1ccc2c(c1)OCO2. The topological polar surface area (TPSA) is 99.7 Å². The lowest BCUT2D eigenvalue weighted by Crippen LogP contribution is -2.04. The molecule has 0 spiro atoms. The molecule has 150 valence electrons. The van der Waals surface area contributed by atoms with Gasteiger partial charge in [-0.1, -0.05) is 19.4 Å². The molecule has 0 atom stereocenters. The largest absolute Gasteiger partial charge is 0.507 e. The fourth-order valence-electron chi connectivity index (χ4n) is 3.69. The lowest BCUT2D eigenvalue weighted by molar-refractivity contribution is 0.174. The third kappa shape index (κ3) is 3.40. The van der Waals surface area contributed by atoms with Crippen LogP contribution in [0.4, 0.5) is 5.95 Å². The molecule has 0 saturated heterocycles. The number of phenolic OH excluding ortho intramolecular Hbond substituents is 1. The molecule has 1 aliphatic rings. The van der Waals surface area contributed by atoms with E-state index in [4.69, 9.17) is 19.9 Å². The summed E-state index contributed by atoms with van der Waals surface area (Å²) in [5.74, 6) is 2.20. The van der Waals surface area contributed by atoms with Gasteiger partial charge in [0.25, 0.3) is 0 Å². The van der Waals surface area contributed by atoms with Gasteiger partial charge in [0.1, 0.15) is 11.5 Å². The van der Waals surface area contributed by atoms with Crippen molar-refractivity contribution in [3.05, 3.63) is 41.6 Å². The number of hydrogen-bond donors (Lipinski definition) is 2. The number of nitrogens with two attached hydrogens (primary N) is 1. The van der Waals surface area contributed by atoms with E-state index in [1.165, 1.54) is 0 Å². The lowest BCUT2D eigenvalue weighted by atomic mass is 9.92. The molecule has 0 aliphatic carbocycles. The molecule has 1 aliphatic heterocycles. The number of hydrogen-bond acceptors (Lipinski definition) is 7. The summed E-state index contributed by atoms with van der Waals surface area (Å²) in [4.78, 5) is 8.88. The quantitative estimate of drug-likeness (QED) is 0.673. The van der Waals surface area contributed by atoms with Gasteiger partial charge in [0, 0.05) is 17.2 Å². The molecule has 2 aromatic carbocycles. The van der Waals surface area contributed by atoms with Gasteiger partial charge in [-0.25, -0.2) is 9.97 Å². The summed E-state index contributed by atoms with van der Waals surface area (Å²) < 4.78 is 16.3. The molecule has 1 aromatic heterocycles. The monoisotopic (exact) mass is 393 g/mol. The van der Waals surface area contributed by atoms with Crippen molar-refractivity contribution < 1.29 is 19.3 Å². The number of nitrogen functional groups attached to an aromatic ring is 1. The van der Waals surface area contributed by atoms with E-state index in [2.05, 4.69) is 16.9 Å². The number of nitrogens with zero attached hydrogens (tertiary/aromatic N) is 2. The maximum atomic E-state index is 10.9. The van der Waals surface area contributed by atoms with E-state index in [0.29, 0.717) is 34.2 Å². The van der Waals surface area contributed by atoms with Crippen LogP contribution >= 0.6 is 0 Å². The van der Waals surface area contributed by atoms with Crippen molar-refractivity contribution in [2.24, 2.45) is 0 Å². The van der Waals surface area contributed by atoms with Crippen LogP contribution in [0.1, 0.15) is 24.6 Å². The number of aryl methyl sites for hydroxylation is 2. The van der Waals surface area contributed by atoms with Crippen molar-refractivity contribution in [1.29, 1.82) is 0 Å². The number of aromatic hydroxyl groups is 1. The van der Waals surface area contributed by atoms with Crippen molar-refractivity contribution in [2.75, 3.05) is 19.6 Å². The Labute approximate surface area is 169 Å². The van der Waals surface area contributed by atoms with Gasteiger partial charge in [-0.3, -0.25) is 0 Å². The molecule has 0 fully saturated rings. The average molecular weight is 393 g/mol. The summed E-state index contributed by atoms with van der Waals surface area (Å²) in [5.41, 5.74) is 10.5. The number of rotatable bonds is 5. The number of aromatic nitrogens is 2. The minimum absolute atomic E-state index is 0.0901. The first kappa shape index (κ1) is 18.9. The van der Waals surface area contributed by atoms with Gasteiger partial charge >= 0.3 is 0 Å². The molecule has 4 rings (SSSR count). The molecule has 2 heterocycles. The number of fused-ring (bicyclic) bond motifs is 1. The molecule has 29 heavy (non-hydrogen) atoms. The summed E-state index contributed by atoms with van der Waals surface area (Å²) in [5, 5.41) is 10.9. The van der Waals surface area contributed by atoms with Crippen molar-refractivity contribution in [3.63, 3.8) is 0 Å². The van der Waals surface area contributed by atoms with Gasteiger partial charge in [-0.2, -0.15) is 0 Å². The second kappa shape index (κ2) is 7.50. The third-order valence-electron chi connectivity index (χ3n) is 4.93. The van der Waals surface area contributed by atoms with Gasteiger partial charge in [0.15, 0.2) is 11.5 Å². The van der Waals surface area contributed by atoms with Gasteiger partial charge in [0.2, 0.25) is 12.7 Å². The van der Waals surface area contributed by atoms with Crippen LogP contribution < -0.4 is 19.9 Å². The maximum absolute atomic E-state index is 10.9. The molecule has 0 bridgehead atoms. The number of benzene rings is 2. The smallest absolute Gasteiger partial charge is 0.231 e. The van der Waals surface area contributed by atoms with Gasteiger partial charge in [-0.05, 0) is 42.7 Å². The summed E-state index contributed by atoms with van der Waals surface area (Å²) in [6.07, 6.45) is 1.65. The van der Waals surface area contributed by atoms with E-state index in [0.717, 1.165) is 29.5 Å². The fourth-order valence-corrected chi connectivity index (χ4v) is 3.69. The van der Waals surface area contributed by atoms with Crippen LogP contribution in [0.2, 0.25) is 0 Å². The lowest BCUT2D eigenvalue weighted by Gasteiger charge is -2.18. The molecule has 0 saturated carbocycles. The van der Waals surface area contributed by atoms with Crippen LogP contribution in [-0.4, -0.2) is 29.0 Å². The summed E-state index contributed by atoms with van der Waals surface area (Å²) in [6, 6.07) is 9.20. The summed E-state index contributed by atoms with van der Waals surface area (Å²) in [6.45, 7) is 4.16. The Hall–Kier alpha value is -3.48. The second-order valence-corrected chi connectivity index (χ2v) is 6.89. The number of ether oxygens (including phenoxy) is 3. The van der Waals surface area contributed by atoms with Crippen molar-refractivity contribution in [1.82, 2.24) is 9.97 Å². The molecule has 3 N–H and O–H groups in total. The zero-order valence-electron chi connectivity index (χ0n) is 16.7. The van der Waals surface area contributed by atoms with Crippen LogP contribution in [0.3, 0.4) is 0 Å². The second-order valence-electron chi connectivity index (χ2n) is 6.89. The first-order chi connectivity index (χ1) is 14.0. The van der Waals surface area contributed by atoms with E-state index < -0.39 is 0 Å². The van der Waals surface area contributed by atoms with E-state index in [1.54, 1.807) is 13.2 Å². The molecule has 7 heteroatoms. The van der Waals surface area contributed by atoms with Crippen LogP contribution in [-0.2, 0) is 6.42 Å². The van der Waals surface area contributed by atoms with Gasteiger partial charge < -0.3 is 25.1 Å². The van der Waals surface area contributed by atoms with Crippen LogP contribution in [0.5, 0.6) is 23.0 Å². The van der Waals surface area contributed by atoms with Crippen LogP contribution in [0.15, 0.2) is 30.3 Å². The molecular weight excluding hydrogens is 370 g/mol. The number of phenols is 1. The Morgan fingerprint density at radius 3 is 2.66 bits per heavy atom. The first-order valence-corrected chi connectivity index (χ1v) is 9.46. The Morgan fingerprint density at radius 1 is 1.10 bits per heavy atom. The van der Waals surface area contributed by atoms with E-state index in [1.807, 2.05) is 31.2 Å². The average Bonchev–Trinajstić information content (AvgIpc) is 3.15. The Morgan fingerprint density at radius 2 is 1.90 bits per heavy atom. The van der Waals surface area contributed by atoms with Gasteiger partial charge in [-0.15, -0.1) is 0 Å². The Balaban J connectivity index is 1.98. The Bertz CT molecular complexity index is 1080. The van der Waals surface area contributed by atoms with Crippen LogP contribution in [0, 0.1) is 6.92 Å². The van der Waals surface area contributed by atoms with Crippen molar-refractivity contribution in [2.45, 2.75) is 26.7 Å². The molecular formula is C22H23N3O4. The predicted octanol–water partition coefficient (Wildman–Crippen LogP) is 4.10. The highest BCUT2D eigenvalue weighted by molar-refractivity contribution is 5.88. The van der Waals surface area contributed by atoms with Crippen molar-refractivity contribution >= 4 is 5.95 Å². The minimum Gasteiger partial charge on any atom is -0.507 e. The maximum Gasteiger partial charge on any atom is 0.231 e. The first-order valence-electron chi connectivity index (χ1n) is 9.46. The van der Waals surface area contributed by atoms with Gasteiger partial charge in [0.05, 0.1) is 18.5 Å². The highest BCUT2D eigenvalue weighted by Gasteiger charge is 2.23. The molecule has 3 aromatic rings.